The first-order valence-electron chi connectivity index (χ1n) is 6.63. The second-order valence-electron chi connectivity index (χ2n) is 5.28. The van der Waals surface area contributed by atoms with Gasteiger partial charge >= 0.3 is 0 Å². The van der Waals surface area contributed by atoms with Gasteiger partial charge in [0, 0.05) is 29.7 Å². The summed E-state index contributed by atoms with van der Waals surface area (Å²) in [6.07, 6.45) is -0.427. The van der Waals surface area contributed by atoms with E-state index in [1.807, 2.05) is 19.1 Å². The van der Waals surface area contributed by atoms with Crippen LogP contribution in [0.2, 0.25) is 0 Å². The summed E-state index contributed by atoms with van der Waals surface area (Å²) in [4.78, 5) is 0. The quantitative estimate of drug-likeness (QED) is 0.808. The molecule has 21 heavy (non-hydrogen) atoms. The number of halogens is 3. The van der Waals surface area contributed by atoms with Crippen LogP contribution in [-0.4, -0.2) is 0 Å². The van der Waals surface area contributed by atoms with Crippen molar-refractivity contribution in [1.82, 2.24) is 0 Å². The second kappa shape index (κ2) is 5.07. The Bertz CT molecular complexity index is 702. The molecule has 0 aliphatic carbocycles. The van der Waals surface area contributed by atoms with Crippen molar-refractivity contribution < 1.29 is 17.9 Å². The Morgan fingerprint density at radius 3 is 2.48 bits per heavy atom. The summed E-state index contributed by atoms with van der Waals surface area (Å²) < 4.78 is 45.9. The predicted octanol–water partition coefficient (Wildman–Crippen LogP) is 3.94. The number of ether oxygens (including phenoxy) is 1. The fourth-order valence-electron chi connectivity index (χ4n) is 2.60. The van der Waals surface area contributed by atoms with E-state index in [0.717, 1.165) is 17.2 Å². The summed E-state index contributed by atoms with van der Waals surface area (Å²) in [6, 6.07) is 6.55. The maximum atomic E-state index is 13.9. The molecule has 110 valence electrons. The molecule has 2 aromatic rings. The number of fused-ring (bicyclic) bond motifs is 1. The number of hydrogen-bond acceptors (Lipinski definition) is 2. The molecule has 0 amide bonds. The highest BCUT2D eigenvalue weighted by Crippen LogP contribution is 2.40. The minimum absolute atomic E-state index is 0.0180. The van der Waals surface area contributed by atoms with Crippen LogP contribution in [0.5, 0.6) is 5.75 Å². The zero-order valence-electron chi connectivity index (χ0n) is 11.4. The predicted molar refractivity (Wildman–Crippen MR) is 72.4 cm³/mol. The molecule has 1 aliphatic rings. The van der Waals surface area contributed by atoms with E-state index in [2.05, 4.69) is 0 Å². The molecule has 0 aromatic heterocycles. The van der Waals surface area contributed by atoms with Crippen LogP contribution in [0.25, 0.3) is 0 Å². The van der Waals surface area contributed by atoms with Gasteiger partial charge in [0.15, 0.2) is 11.6 Å². The molecule has 0 saturated heterocycles. The SMILES string of the molecule is Cc1ccc2c(c1)[C@@H](N)CC(c1cc(F)c(F)cc1F)O2. The lowest BCUT2D eigenvalue weighted by Crippen LogP contribution is -2.25. The van der Waals surface area contributed by atoms with Crippen molar-refractivity contribution in [2.75, 3.05) is 0 Å². The van der Waals surface area contributed by atoms with Gasteiger partial charge in [-0.15, -0.1) is 0 Å². The maximum absolute atomic E-state index is 13.9. The molecule has 1 aliphatic heterocycles. The number of hydrogen-bond donors (Lipinski definition) is 1. The van der Waals surface area contributed by atoms with Crippen LogP contribution in [0.15, 0.2) is 30.3 Å². The zero-order valence-corrected chi connectivity index (χ0v) is 11.4. The van der Waals surface area contributed by atoms with Gasteiger partial charge in [0.05, 0.1) is 0 Å². The Morgan fingerprint density at radius 1 is 1.00 bits per heavy atom. The monoisotopic (exact) mass is 293 g/mol. The molecule has 0 bridgehead atoms. The summed E-state index contributed by atoms with van der Waals surface area (Å²) in [5, 5.41) is 0. The van der Waals surface area contributed by atoms with E-state index in [-0.39, 0.29) is 11.6 Å². The van der Waals surface area contributed by atoms with Gasteiger partial charge in [-0.3, -0.25) is 0 Å². The summed E-state index contributed by atoms with van der Waals surface area (Å²) in [7, 11) is 0. The number of benzene rings is 2. The van der Waals surface area contributed by atoms with Gasteiger partial charge in [-0.2, -0.15) is 0 Å². The van der Waals surface area contributed by atoms with Crippen molar-refractivity contribution in [2.24, 2.45) is 5.73 Å². The van der Waals surface area contributed by atoms with Crippen molar-refractivity contribution in [3.8, 4) is 5.75 Å². The van der Waals surface area contributed by atoms with Crippen LogP contribution in [0.3, 0.4) is 0 Å². The fraction of sp³-hybridized carbons (Fsp3) is 0.250. The molecule has 0 spiro atoms. The molecule has 3 rings (SSSR count). The minimum atomic E-state index is -1.22. The normalized spacial score (nSPS) is 20.8. The van der Waals surface area contributed by atoms with E-state index in [9.17, 15) is 13.2 Å². The van der Waals surface area contributed by atoms with Crippen LogP contribution < -0.4 is 10.5 Å². The van der Waals surface area contributed by atoms with Crippen LogP contribution >= 0.6 is 0 Å². The van der Waals surface area contributed by atoms with Crippen LogP contribution in [-0.2, 0) is 0 Å². The molecular formula is C16H14F3NO. The number of aryl methyl sites for hydroxylation is 1. The lowest BCUT2D eigenvalue weighted by atomic mass is 9.92. The van der Waals surface area contributed by atoms with Gasteiger partial charge in [0.25, 0.3) is 0 Å². The van der Waals surface area contributed by atoms with Gasteiger partial charge < -0.3 is 10.5 Å². The first-order valence-corrected chi connectivity index (χ1v) is 6.63. The number of rotatable bonds is 1. The van der Waals surface area contributed by atoms with E-state index in [1.165, 1.54) is 0 Å². The number of nitrogens with two attached hydrogens (primary N) is 1. The van der Waals surface area contributed by atoms with E-state index < -0.39 is 23.6 Å². The highest BCUT2D eigenvalue weighted by atomic mass is 19.2. The Hall–Kier alpha value is -2.01. The van der Waals surface area contributed by atoms with Crippen LogP contribution in [0.4, 0.5) is 13.2 Å². The summed E-state index contributed by atoms with van der Waals surface area (Å²) in [6.45, 7) is 1.94. The Balaban J connectivity index is 1.99. The molecule has 0 fully saturated rings. The molecular weight excluding hydrogens is 279 g/mol. The third-order valence-corrected chi connectivity index (χ3v) is 3.69. The molecule has 1 heterocycles. The fourth-order valence-corrected chi connectivity index (χ4v) is 2.60. The average Bonchev–Trinajstić information content (AvgIpc) is 2.43. The van der Waals surface area contributed by atoms with E-state index in [4.69, 9.17) is 10.5 Å². The Kier molecular flexibility index (Phi) is 3.37. The second-order valence-corrected chi connectivity index (χ2v) is 5.28. The largest absolute Gasteiger partial charge is 0.485 e. The first-order chi connectivity index (χ1) is 9.95. The lowest BCUT2D eigenvalue weighted by Gasteiger charge is -2.31. The maximum Gasteiger partial charge on any atom is 0.161 e. The van der Waals surface area contributed by atoms with Gasteiger partial charge in [0.1, 0.15) is 17.7 Å². The molecule has 5 heteroatoms. The lowest BCUT2D eigenvalue weighted by molar-refractivity contribution is 0.156. The molecule has 2 nitrogen and oxygen atoms in total. The zero-order chi connectivity index (χ0) is 15.1. The topological polar surface area (TPSA) is 35.2 Å². The van der Waals surface area contributed by atoms with Gasteiger partial charge in [-0.05, 0) is 19.1 Å². The van der Waals surface area contributed by atoms with Crippen molar-refractivity contribution in [1.29, 1.82) is 0 Å². The van der Waals surface area contributed by atoms with Gasteiger partial charge in [0.2, 0.25) is 0 Å². The molecule has 0 radical (unpaired) electrons. The third kappa shape index (κ3) is 2.49. The van der Waals surface area contributed by atoms with Crippen molar-refractivity contribution >= 4 is 0 Å². The summed E-state index contributed by atoms with van der Waals surface area (Å²) in [5.74, 6) is -2.60. The molecule has 1 unspecified atom stereocenters. The van der Waals surface area contributed by atoms with Gasteiger partial charge in [-0.1, -0.05) is 17.7 Å². The Morgan fingerprint density at radius 2 is 1.71 bits per heavy atom. The standard InChI is InChI=1S/C16H14F3NO/c1-8-2-3-15-10(4-8)14(20)7-16(21-15)9-5-12(18)13(19)6-11(9)17/h2-6,14,16H,7,20H2,1H3/t14-,16?/m0/s1. The van der Waals surface area contributed by atoms with E-state index in [1.54, 1.807) is 6.07 Å². The summed E-state index contributed by atoms with van der Waals surface area (Å²) >= 11 is 0. The summed E-state index contributed by atoms with van der Waals surface area (Å²) in [5.41, 5.74) is 7.96. The van der Waals surface area contributed by atoms with Crippen molar-refractivity contribution in [2.45, 2.75) is 25.5 Å². The molecule has 2 aromatic carbocycles. The molecule has 0 saturated carbocycles. The van der Waals surface area contributed by atoms with E-state index >= 15 is 0 Å². The highest BCUT2D eigenvalue weighted by molar-refractivity contribution is 5.41. The smallest absolute Gasteiger partial charge is 0.161 e. The molecule has 2 N–H and O–H groups in total. The minimum Gasteiger partial charge on any atom is -0.485 e. The third-order valence-electron chi connectivity index (χ3n) is 3.69. The van der Waals surface area contributed by atoms with Crippen molar-refractivity contribution in [3.05, 3.63) is 64.5 Å². The Labute approximate surface area is 120 Å². The van der Waals surface area contributed by atoms with Crippen LogP contribution in [0, 0.1) is 24.4 Å². The molecule has 2 atom stereocenters. The van der Waals surface area contributed by atoms with Gasteiger partial charge in [-0.25, -0.2) is 13.2 Å². The van der Waals surface area contributed by atoms with Crippen molar-refractivity contribution in [3.63, 3.8) is 0 Å². The van der Waals surface area contributed by atoms with Crippen LogP contribution in [0.1, 0.15) is 35.3 Å². The average molecular weight is 293 g/mol. The van der Waals surface area contributed by atoms with E-state index in [0.29, 0.717) is 18.2 Å². The highest BCUT2D eigenvalue weighted by Gasteiger charge is 2.29. The first kappa shape index (κ1) is 13.9.